The van der Waals surface area contributed by atoms with Gasteiger partial charge in [0.25, 0.3) is 0 Å². The number of aromatic nitrogens is 5. The zero-order valence-corrected chi connectivity index (χ0v) is 17.9. The first kappa shape index (κ1) is 18.9. The van der Waals surface area contributed by atoms with Crippen LogP contribution in [0.25, 0.3) is 22.8 Å². The van der Waals surface area contributed by atoms with Crippen LogP contribution in [0.15, 0.2) is 62.6 Å². The van der Waals surface area contributed by atoms with Crippen molar-refractivity contribution in [3.63, 3.8) is 0 Å². The van der Waals surface area contributed by atoms with Gasteiger partial charge in [-0.1, -0.05) is 57.5 Å². The van der Waals surface area contributed by atoms with Crippen molar-refractivity contribution in [1.29, 1.82) is 0 Å². The molecule has 0 amide bonds. The third-order valence-corrected chi connectivity index (χ3v) is 5.67. The van der Waals surface area contributed by atoms with Crippen molar-refractivity contribution in [3.8, 4) is 22.8 Å². The molecule has 0 N–H and O–H groups in total. The first-order chi connectivity index (χ1) is 13.6. The zero-order valence-electron chi connectivity index (χ0n) is 15.5. The Hall–Kier alpha value is -2.45. The highest BCUT2D eigenvalue weighted by Crippen LogP contribution is 2.28. The molecule has 8 heteroatoms. The quantitative estimate of drug-likeness (QED) is 0.363. The van der Waals surface area contributed by atoms with E-state index in [9.17, 15) is 0 Å². The summed E-state index contributed by atoms with van der Waals surface area (Å²) < 4.78 is 8.94. The Bertz CT molecular complexity index is 1090. The molecule has 4 aromatic rings. The van der Waals surface area contributed by atoms with Crippen LogP contribution in [0, 0.1) is 6.92 Å². The second-order valence-electron chi connectivity index (χ2n) is 6.22. The molecular weight excluding hydrogens is 438 g/mol. The van der Waals surface area contributed by atoms with E-state index in [4.69, 9.17) is 4.42 Å². The van der Waals surface area contributed by atoms with Crippen molar-refractivity contribution in [2.75, 3.05) is 0 Å². The van der Waals surface area contributed by atoms with Crippen LogP contribution < -0.4 is 0 Å². The first-order valence-corrected chi connectivity index (χ1v) is 10.6. The summed E-state index contributed by atoms with van der Waals surface area (Å²) in [7, 11) is 0. The number of hydrogen-bond donors (Lipinski definition) is 0. The summed E-state index contributed by atoms with van der Waals surface area (Å²) in [5.41, 5.74) is 3.12. The van der Waals surface area contributed by atoms with E-state index in [1.807, 2.05) is 55.5 Å². The minimum atomic E-state index is 0.534. The van der Waals surface area contributed by atoms with Crippen LogP contribution in [0.1, 0.15) is 18.4 Å². The van der Waals surface area contributed by atoms with Crippen LogP contribution in [-0.4, -0.2) is 25.0 Å². The third-order valence-electron chi connectivity index (χ3n) is 4.19. The van der Waals surface area contributed by atoms with Gasteiger partial charge in [0, 0.05) is 22.1 Å². The van der Waals surface area contributed by atoms with E-state index in [-0.39, 0.29) is 0 Å². The van der Waals surface area contributed by atoms with E-state index < -0.39 is 0 Å². The molecule has 0 saturated heterocycles. The van der Waals surface area contributed by atoms with Crippen molar-refractivity contribution in [3.05, 3.63) is 64.5 Å². The molecule has 0 spiro atoms. The summed E-state index contributed by atoms with van der Waals surface area (Å²) in [4.78, 5) is 0. The molecule has 0 saturated carbocycles. The molecule has 0 radical (unpaired) electrons. The van der Waals surface area contributed by atoms with Crippen molar-refractivity contribution < 1.29 is 4.42 Å². The molecule has 0 aliphatic carbocycles. The molecule has 0 bridgehead atoms. The highest BCUT2D eigenvalue weighted by molar-refractivity contribution is 9.10. The Morgan fingerprint density at radius 3 is 2.57 bits per heavy atom. The van der Waals surface area contributed by atoms with Gasteiger partial charge in [-0.3, -0.25) is 0 Å². The number of benzene rings is 2. The van der Waals surface area contributed by atoms with E-state index in [0.717, 1.165) is 38.7 Å². The van der Waals surface area contributed by atoms with Gasteiger partial charge in [0.15, 0.2) is 11.0 Å². The lowest BCUT2D eigenvalue weighted by molar-refractivity contribution is 0.528. The fourth-order valence-electron chi connectivity index (χ4n) is 2.83. The molecule has 0 aliphatic heterocycles. The fourth-order valence-corrected chi connectivity index (χ4v) is 3.93. The smallest absolute Gasteiger partial charge is 0.247 e. The molecule has 0 fully saturated rings. The standard InChI is InChI=1S/C20H18BrN5OS/c1-3-26-18(14-7-9-16(21)10-8-14)23-25-20(26)28-12-17-22-24-19(27-17)15-6-4-5-13(2)11-15/h4-11H,3,12H2,1-2H3. The van der Waals surface area contributed by atoms with Crippen LogP contribution in [0.3, 0.4) is 0 Å². The molecule has 0 unspecified atom stereocenters. The zero-order chi connectivity index (χ0) is 19.5. The molecule has 0 aliphatic rings. The summed E-state index contributed by atoms with van der Waals surface area (Å²) in [6.07, 6.45) is 0. The summed E-state index contributed by atoms with van der Waals surface area (Å²) in [6, 6.07) is 16.1. The van der Waals surface area contributed by atoms with E-state index in [1.165, 1.54) is 11.8 Å². The van der Waals surface area contributed by atoms with Crippen molar-refractivity contribution in [2.45, 2.75) is 31.3 Å². The molecule has 28 heavy (non-hydrogen) atoms. The normalized spacial score (nSPS) is 11.1. The average molecular weight is 456 g/mol. The third kappa shape index (κ3) is 4.02. The van der Waals surface area contributed by atoms with Crippen LogP contribution in [0.5, 0.6) is 0 Å². The van der Waals surface area contributed by atoms with Gasteiger partial charge in [-0.2, -0.15) is 0 Å². The molecule has 4 rings (SSSR count). The number of aryl methyl sites for hydroxylation is 1. The summed E-state index contributed by atoms with van der Waals surface area (Å²) in [6.45, 7) is 4.90. The van der Waals surface area contributed by atoms with Gasteiger partial charge in [0.05, 0.1) is 5.75 Å². The Morgan fingerprint density at radius 2 is 1.82 bits per heavy atom. The van der Waals surface area contributed by atoms with Crippen LogP contribution in [-0.2, 0) is 12.3 Å². The van der Waals surface area contributed by atoms with E-state index in [2.05, 4.69) is 47.8 Å². The van der Waals surface area contributed by atoms with E-state index in [1.54, 1.807) is 0 Å². The van der Waals surface area contributed by atoms with Crippen LogP contribution in [0.2, 0.25) is 0 Å². The number of nitrogens with zero attached hydrogens (tertiary/aromatic N) is 5. The second-order valence-corrected chi connectivity index (χ2v) is 8.07. The van der Waals surface area contributed by atoms with E-state index in [0.29, 0.717) is 17.5 Å². The Kier molecular flexibility index (Phi) is 5.59. The minimum Gasteiger partial charge on any atom is -0.420 e. The Labute approximate surface area is 175 Å². The molecule has 2 aromatic carbocycles. The number of halogens is 1. The van der Waals surface area contributed by atoms with E-state index >= 15 is 0 Å². The molecule has 2 heterocycles. The number of rotatable bonds is 6. The largest absolute Gasteiger partial charge is 0.420 e. The minimum absolute atomic E-state index is 0.534. The predicted molar refractivity (Wildman–Crippen MR) is 113 cm³/mol. The maximum atomic E-state index is 5.82. The lowest BCUT2D eigenvalue weighted by atomic mass is 10.1. The number of thioether (sulfide) groups is 1. The van der Waals surface area contributed by atoms with Gasteiger partial charge in [-0.15, -0.1) is 20.4 Å². The topological polar surface area (TPSA) is 69.6 Å². The average Bonchev–Trinajstić information content (AvgIpc) is 3.34. The van der Waals surface area contributed by atoms with Gasteiger partial charge in [-0.05, 0) is 38.1 Å². The summed E-state index contributed by atoms with van der Waals surface area (Å²) in [5.74, 6) is 2.49. The Balaban J connectivity index is 1.50. The fraction of sp³-hybridized carbons (Fsp3) is 0.200. The first-order valence-electron chi connectivity index (χ1n) is 8.85. The van der Waals surface area contributed by atoms with Gasteiger partial charge in [-0.25, -0.2) is 0 Å². The SMILES string of the molecule is CCn1c(SCc2nnc(-c3cccc(C)c3)o2)nnc1-c1ccc(Br)cc1. The summed E-state index contributed by atoms with van der Waals surface area (Å²) in [5, 5.41) is 17.9. The maximum absolute atomic E-state index is 5.82. The van der Waals surface area contributed by atoms with Crippen LogP contribution in [0.4, 0.5) is 0 Å². The predicted octanol–water partition coefficient (Wildman–Crippen LogP) is 5.38. The lowest BCUT2D eigenvalue weighted by Crippen LogP contribution is -1.99. The highest BCUT2D eigenvalue weighted by Gasteiger charge is 2.15. The lowest BCUT2D eigenvalue weighted by Gasteiger charge is -2.06. The monoisotopic (exact) mass is 455 g/mol. The van der Waals surface area contributed by atoms with Gasteiger partial charge in [0.1, 0.15) is 0 Å². The molecule has 6 nitrogen and oxygen atoms in total. The molecule has 2 aromatic heterocycles. The summed E-state index contributed by atoms with van der Waals surface area (Å²) >= 11 is 5.00. The highest BCUT2D eigenvalue weighted by atomic mass is 79.9. The van der Waals surface area contributed by atoms with Gasteiger partial charge < -0.3 is 8.98 Å². The van der Waals surface area contributed by atoms with Crippen molar-refractivity contribution >= 4 is 27.7 Å². The Morgan fingerprint density at radius 1 is 1.00 bits per heavy atom. The maximum Gasteiger partial charge on any atom is 0.247 e. The van der Waals surface area contributed by atoms with Crippen molar-refractivity contribution in [2.24, 2.45) is 0 Å². The number of hydrogen-bond acceptors (Lipinski definition) is 6. The molecule has 142 valence electrons. The van der Waals surface area contributed by atoms with Gasteiger partial charge >= 0.3 is 0 Å². The molecular formula is C20H18BrN5OS. The van der Waals surface area contributed by atoms with Gasteiger partial charge in [0.2, 0.25) is 11.8 Å². The van der Waals surface area contributed by atoms with Crippen LogP contribution >= 0.6 is 27.7 Å². The molecule has 0 atom stereocenters. The van der Waals surface area contributed by atoms with Crippen molar-refractivity contribution in [1.82, 2.24) is 25.0 Å². The second kappa shape index (κ2) is 8.28.